The van der Waals surface area contributed by atoms with Crippen molar-refractivity contribution in [2.24, 2.45) is 0 Å². The SMILES string of the molecule is COC(=O)c1occc1CNc1cc(Cl)cc(Br)c1OC. The zero-order valence-electron chi connectivity index (χ0n) is 11.4. The predicted octanol–water partition coefficient (Wildman–Crippen LogP) is 4.10. The number of hydrogen-bond donors (Lipinski definition) is 1. The molecule has 0 radical (unpaired) electrons. The van der Waals surface area contributed by atoms with E-state index < -0.39 is 5.97 Å². The van der Waals surface area contributed by atoms with E-state index in [1.165, 1.54) is 13.4 Å². The van der Waals surface area contributed by atoms with Crippen LogP contribution in [0.3, 0.4) is 0 Å². The Kier molecular flexibility index (Phi) is 5.14. The standard InChI is InChI=1S/C14H13BrClNO4/c1-19-13-10(15)5-9(16)6-11(13)17-7-8-3-4-21-12(8)14(18)20-2/h3-6,17H,7H2,1-2H3. The molecular formula is C14H13BrClNO4. The van der Waals surface area contributed by atoms with E-state index in [2.05, 4.69) is 26.0 Å². The molecule has 1 N–H and O–H groups in total. The van der Waals surface area contributed by atoms with Crippen LogP contribution in [-0.4, -0.2) is 20.2 Å². The van der Waals surface area contributed by atoms with E-state index in [9.17, 15) is 4.79 Å². The first-order valence-corrected chi connectivity index (χ1v) is 7.15. The molecule has 1 aromatic carbocycles. The highest BCUT2D eigenvalue weighted by molar-refractivity contribution is 9.10. The predicted molar refractivity (Wildman–Crippen MR) is 83.1 cm³/mol. The fourth-order valence-electron chi connectivity index (χ4n) is 1.84. The average Bonchev–Trinajstić information content (AvgIpc) is 2.92. The summed E-state index contributed by atoms with van der Waals surface area (Å²) in [5.74, 6) is 0.281. The normalized spacial score (nSPS) is 10.3. The van der Waals surface area contributed by atoms with Gasteiger partial charge in [-0.05, 0) is 34.1 Å². The Morgan fingerprint density at radius 2 is 2.19 bits per heavy atom. The third kappa shape index (κ3) is 3.51. The van der Waals surface area contributed by atoms with Crippen LogP contribution < -0.4 is 10.1 Å². The summed E-state index contributed by atoms with van der Waals surface area (Å²) in [6.45, 7) is 0.365. The topological polar surface area (TPSA) is 60.7 Å². The van der Waals surface area contributed by atoms with Crippen molar-refractivity contribution in [3.8, 4) is 5.75 Å². The molecule has 112 valence electrons. The van der Waals surface area contributed by atoms with E-state index in [1.807, 2.05) is 0 Å². The summed E-state index contributed by atoms with van der Waals surface area (Å²) in [5.41, 5.74) is 1.38. The molecule has 2 aromatic rings. The number of rotatable bonds is 5. The number of benzene rings is 1. The average molecular weight is 375 g/mol. The number of furan rings is 1. The first-order chi connectivity index (χ1) is 10.1. The van der Waals surface area contributed by atoms with Gasteiger partial charge in [0.2, 0.25) is 5.76 Å². The number of hydrogen-bond acceptors (Lipinski definition) is 5. The van der Waals surface area contributed by atoms with Crippen LogP contribution in [0, 0.1) is 0 Å². The zero-order valence-corrected chi connectivity index (χ0v) is 13.7. The minimum Gasteiger partial charge on any atom is -0.493 e. The van der Waals surface area contributed by atoms with E-state index in [0.717, 1.165) is 4.47 Å². The molecule has 1 aromatic heterocycles. The van der Waals surface area contributed by atoms with Crippen LogP contribution in [0.15, 0.2) is 33.4 Å². The van der Waals surface area contributed by atoms with Gasteiger partial charge in [-0.2, -0.15) is 0 Å². The minimum atomic E-state index is -0.518. The van der Waals surface area contributed by atoms with Gasteiger partial charge >= 0.3 is 5.97 Å². The van der Waals surface area contributed by atoms with Gasteiger partial charge in [0.25, 0.3) is 0 Å². The van der Waals surface area contributed by atoms with Crippen LogP contribution >= 0.6 is 27.5 Å². The van der Waals surface area contributed by atoms with Gasteiger partial charge in [-0.1, -0.05) is 11.6 Å². The number of nitrogens with one attached hydrogen (secondary N) is 1. The summed E-state index contributed by atoms with van der Waals surface area (Å²) in [6.07, 6.45) is 1.44. The molecule has 2 rings (SSSR count). The van der Waals surface area contributed by atoms with Gasteiger partial charge in [-0.25, -0.2) is 4.79 Å². The molecule has 0 saturated carbocycles. The Morgan fingerprint density at radius 3 is 2.86 bits per heavy atom. The molecule has 7 heteroatoms. The quantitative estimate of drug-likeness (QED) is 0.798. The Balaban J connectivity index is 2.21. The van der Waals surface area contributed by atoms with Crippen LogP contribution in [0.2, 0.25) is 5.02 Å². The lowest BCUT2D eigenvalue weighted by Gasteiger charge is -2.13. The van der Waals surface area contributed by atoms with Gasteiger partial charge in [0.05, 0.1) is 30.6 Å². The van der Waals surface area contributed by atoms with Gasteiger partial charge in [0.15, 0.2) is 5.75 Å². The highest BCUT2D eigenvalue weighted by Crippen LogP contribution is 2.36. The van der Waals surface area contributed by atoms with Gasteiger partial charge < -0.3 is 19.2 Å². The highest BCUT2D eigenvalue weighted by atomic mass is 79.9. The number of ether oxygens (including phenoxy) is 2. The van der Waals surface area contributed by atoms with Crippen molar-refractivity contribution >= 4 is 39.2 Å². The van der Waals surface area contributed by atoms with Crippen LogP contribution in [0.1, 0.15) is 16.1 Å². The van der Waals surface area contributed by atoms with Crippen molar-refractivity contribution in [3.05, 3.63) is 45.3 Å². The molecule has 0 atom stereocenters. The van der Waals surface area contributed by atoms with Crippen LogP contribution in [-0.2, 0) is 11.3 Å². The fourth-order valence-corrected chi connectivity index (χ4v) is 2.81. The van der Waals surface area contributed by atoms with Crippen molar-refractivity contribution in [3.63, 3.8) is 0 Å². The molecular weight excluding hydrogens is 362 g/mol. The largest absolute Gasteiger partial charge is 0.493 e. The van der Waals surface area contributed by atoms with E-state index in [0.29, 0.717) is 28.6 Å². The summed E-state index contributed by atoms with van der Waals surface area (Å²) in [6, 6.07) is 5.18. The van der Waals surface area contributed by atoms with Gasteiger partial charge in [0, 0.05) is 17.1 Å². The third-order valence-electron chi connectivity index (χ3n) is 2.80. The Hall–Kier alpha value is -1.66. The van der Waals surface area contributed by atoms with Gasteiger partial charge in [-0.15, -0.1) is 0 Å². The van der Waals surface area contributed by atoms with E-state index in [1.54, 1.807) is 25.3 Å². The van der Waals surface area contributed by atoms with Crippen LogP contribution in [0.4, 0.5) is 5.69 Å². The monoisotopic (exact) mass is 373 g/mol. The summed E-state index contributed by atoms with van der Waals surface area (Å²) >= 11 is 9.41. The maximum atomic E-state index is 11.5. The second-order valence-corrected chi connectivity index (χ2v) is 5.38. The number of carbonyl (C=O) groups is 1. The van der Waals surface area contributed by atoms with E-state index in [-0.39, 0.29) is 5.76 Å². The molecule has 0 fully saturated rings. The molecule has 0 aliphatic carbocycles. The summed E-state index contributed by atoms with van der Waals surface area (Å²) in [7, 11) is 2.87. The van der Waals surface area contributed by atoms with Crippen LogP contribution in [0.25, 0.3) is 0 Å². The van der Waals surface area contributed by atoms with E-state index in [4.69, 9.17) is 20.8 Å². The molecule has 1 heterocycles. The molecule has 0 aliphatic rings. The van der Waals surface area contributed by atoms with E-state index >= 15 is 0 Å². The van der Waals surface area contributed by atoms with Crippen molar-refractivity contribution in [2.45, 2.75) is 6.54 Å². The first-order valence-electron chi connectivity index (χ1n) is 5.98. The second-order valence-electron chi connectivity index (χ2n) is 4.09. The second kappa shape index (κ2) is 6.87. The van der Waals surface area contributed by atoms with Crippen molar-refractivity contribution in [1.29, 1.82) is 0 Å². The number of anilines is 1. The molecule has 21 heavy (non-hydrogen) atoms. The maximum Gasteiger partial charge on any atom is 0.374 e. The van der Waals surface area contributed by atoms with Gasteiger partial charge in [0.1, 0.15) is 0 Å². The lowest BCUT2D eigenvalue weighted by Crippen LogP contribution is -2.07. The lowest BCUT2D eigenvalue weighted by atomic mass is 10.2. The minimum absolute atomic E-state index is 0.171. The van der Waals surface area contributed by atoms with Crippen molar-refractivity contribution in [1.82, 2.24) is 0 Å². The lowest BCUT2D eigenvalue weighted by molar-refractivity contribution is 0.0563. The van der Waals surface area contributed by atoms with Crippen LogP contribution in [0.5, 0.6) is 5.75 Å². The fraction of sp³-hybridized carbons (Fsp3) is 0.214. The number of esters is 1. The maximum absolute atomic E-state index is 11.5. The summed E-state index contributed by atoms with van der Waals surface area (Å²) in [4.78, 5) is 11.5. The Morgan fingerprint density at radius 1 is 1.43 bits per heavy atom. The Labute approximate surface area is 135 Å². The molecule has 0 saturated heterocycles. The molecule has 0 unspecified atom stereocenters. The Bertz CT molecular complexity index is 656. The third-order valence-corrected chi connectivity index (χ3v) is 3.61. The molecule has 0 bridgehead atoms. The van der Waals surface area contributed by atoms with Crippen molar-refractivity contribution in [2.75, 3.05) is 19.5 Å². The number of carbonyl (C=O) groups excluding carboxylic acids is 1. The zero-order chi connectivity index (χ0) is 15.4. The van der Waals surface area contributed by atoms with Gasteiger partial charge in [-0.3, -0.25) is 0 Å². The molecule has 0 spiro atoms. The highest BCUT2D eigenvalue weighted by Gasteiger charge is 2.16. The smallest absolute Gasteiger partial charge is 0.374 e. The summed E-state index contributed by atoms with van der Waals surface area (Å²) in [5, 5.41) is 3.72. The summed E-state index contributed by atoms with van der Waals surface area (Å²) < 4.78 is 15.8. The van der Waals surface area contributed by atoms with Crippen molar-refractivity contribution < 1.29 is 18.7 Å². The molecule has 5 nitrogen and oxygen atoms in total. The molecule has 0 aliphatic heterocycles. The first kappa shape index (κ1) is 15.7. The number of methoxy groups -OCH3 is 2. The molecule has 0 amide bonds. The number of halogens is 2.